The zero-order valence-electron chi connectivity index (χ0n) is 12.7. The Morgan fingerprint density at radius 3 is 2.74 bits per heavy atom. The Morgan fingerprint density at radius 2 is 2.11 bits per heavy atom. The molecule has 106 valence electrons. The molecular formula is C17H28N2. The highest BCUT2D eigenvalue weighted by atomic mass is 14.8. The van der Waals surface area contributed by atoms with Crippen LogP contribution in [-0.4, -0.2) is 18.1 Å². The lowest BCUT2D eigenvalue weighted by atomic mass is 9.70. The number of hydrogen-bond acceptors (Lipinski definition) is 2. The molecule has 3 unspecified atom stereocenters. The lowest BCUT2D eigenvalue weighted by Gasteiger charge is -2.36. The summed E-state index contributed by atoms with van der Waals surface area (Å²) < 4.78 is 0. The molecule has 3 atom stereocenters. The van der Waals surface area contributed by atoms with E-state index in [9.17, 15) is 0 Å². The highest BCUT2D eigenvalue weighted by Crippen LogP contribution is 2.41. The van der Waals surface area contributed by atoms with Crippen LogP contribution in [-0.2, 0) is 0 Å². The van der Waals surface area contributed by atoms with Crippen molar-refractivity contribution in [3.05, 3.63) is 29.6 Å². The molecule has 1 aliphatic rings. The molecule has 0 radical (unpaired) electrons. The smallest absolute Gasteiger partial charge is 0.0372 e. The maximum atomic E-state index is 4.50. The third-order valence-electron chi connectivity index (χ3n) is 4.70. The molecular weight excluding hydrogens is 232 g/mol. The summed E-state index contributed by atoms with van der Waals surface area (Å²) in [6.07, 6.45) is 7.55. The largest absolute Gasteiger partial charge is 0.317 e. The van der Waals surface area contributed by atoms with E-state index in [0.717, 1.165) is 30.6 Å². The standard InChI is InChI=1S/C17H28N2/c1-4-14-7-9-15(11-18-5-2)17(10-14)16-8-6-13(3)19-12-16/h6,8,12,14-15,17-18H,4-5,7,9-11H2,1-3H3. The van der Waals surface area contributed by atoms with Gasteiger partial charge in [-0.25, -0.2) is 0 Å². The SMILES string of the molecule is CCNCC1CCC(CC)CC1c1ccc(C)nc1. The summed E-state index contributed by atoms with van der Waals surface area (Å²) in [5.41, 5.74) is 2.57. The molecule has 0 saturated heterocycles. The number of nitrogens with one attached hydrogen (secondary N) is 1. The number of pyridine rings is 1. The quantitative estimate of drug-likeness (QED) is 0.868. The third-order valence-corrected chi connectivity index (χ3v) is 4.70. The monoisotopic (exact) mass is 260 g/mol. The fraction of sp³-hybridized carbons (Fsp3) is 0.706. The first-order valence-electron chi connectivity index (χ1n) is 7.87. The molecule has 1 aromatic heterocycles. The Hall–Kier alpha value is -0.890. The number of aromatic nitrogens is 1. The van der Waals surface area contributed by atoms with E-state index in [0.29, 0.717) is 5.92 Å². The topological polar surface area (TPSA) is 24.9 Å². The van der Waals surface area contributed by atoms with Crippen molar-refractivity contribution in [3.63, 3.8) is 0 Å². The van der Waals surface area contributed by atoms with Crippen molar-refractivity contribution in [1.82, 2.24) is 10.3 Å². The second-order valence-electron chi connectivity index (χ2n) is 5.99. The van der Waals surface area contributed by atoms with Crippen molar-refractivity contribution in [2.45, 2.75) is 52.4 Å². The molecule has 2 heteroatoms. The van der Waals surface area contributed by atoms with Gasteiger partial charge in [0.15, 0.2) is 0 Å². The van der Waals surface area contributed by atoms with Crippen molar-refractivity contribution < 1.29 is 0 Å². The van der Waals surface area contributed by atoms with Gasteiger partial charge in [0.2, 0.25) is 0 Å². The van der Waals surface area contributed by atoms with Crippen molar-refractivity contribution in [1.29, 1.82) is 0 Å². The van der Waals surface area contributed by atoms with Crippen LogP contribution in [0.5, 0.6) is 0 Å². The van der Waals surface area contributed by atoms with Crippen LogP contribution in [0.25, 0.3) is 0 Å². The van der Waals surface area contributed by atoms with Crippen LogP contribution in [0.1, 0.15) is 56.7 Å². The molecule has 1 fully saturated rings. The van der Waals surface area contributed by atoms with Crippen LogP contribution in [0.4, 0.5) is 0 Å². The van der Waals surface area contributed by atoms with E-state index >= 15 is 0 Å². The molecule has 1 N–H and O–H groups in total. The van der Waals surface area contributed by atoms with Gasteiger partial charge in [-0.3, -0.25) is 4.98 Å². The van der Waals surface area contributed by atoms with Gasteiger partial charge < -0.3 is 5.32 Å². The van der Waals surface area contributed by atoms with Gasteiger partial charge in [-0.15, -0.1) is 0 Å². The van der Waals surface area contributed by atoms with E-state index in [2.05, 4.69) is 49.4 Å². The molecule has 2 rings (SSSR count). The molecule has 1 saturated carbocycles. The maximum Gasteiger partial charge on any atom is 0.0372 e. The summed E-state index contributed by atoms with van der Waals surface area (Å²) in [6, 6.07) is 4.46. The van der Waals surface area contributed by atoms with Crippen molar-refractivity contribution in [2.75, 3.05) is 13.1 Å². The van der Waals surface area contributed by atoms with Gasteiger partial charge in [0.1, 0.15) is 0 Å². The van der Waals surface area contributed by atoms with Gasteiger partial charge in [-0.2, -0.15) is 0 Å². The Balaban J connectivity index is 2.12. The minimum Gasteiger partial charge on any atom is -0.317 e. The molecule has 2 nitrogen and oxygen atoms in total. The molecule has 1 heterocycles. The minimum absolute atomic E-state index is 0.700. The van der Waals surface area contributed by atoms with E-state index in [1.165, 1.54) is 31.2 Å². The van der Waals surface area contributed by atoms with Crippen LogP contribution >= 0.6 is 0 Å². The van der Waals surface area contributed by atoms with Gasteiger partial charge in [-0.1, -0.05) is 32.8 Å². The Bertz CT molecular complexity index is 371. The second-order valence-corrected chi connectivity index (χ2v) is 5.99. The molecule has 1 aromatic rings. The van der Waals surface area contributed by atoms with E-state index < -0.39 is 0 Å². The Kier molecular flexibility index (Phi) is 5.38. The van der Waals surface area contributed by atoms with E-state index in [1.54, 1.807) is 0 Å². The summed E-state index contributed by atoms with van der Waals surface area (Å²) in [7, 11) is 0. The first kappa shape index (κ1) is 14.5. The molecule has 19 heavy (non-hydrogen) atoms. The fourth-order valence-electron chi connectivity index (χ4n) is 3.37. The van der Waals surface area contributed by atoms with Gasteiger partial charge >= 0.3 is 0 Å². The highest BCUT2D eigenvalue weighted by molar-refractivity contribution is 5.19. The number of hydrogen-bond donors (Lipinski definition) is 1. The predicted octanol–water partition coefficient (Wildman–Crippen LogP) is 3.91. The molecule has 0 bridgehead atoms. The number of aryl methyl sites for hydroxylation is 1. The zero-order valence-corrected chi connectivity index (χ0v) is 12.7. The minimum atomic E-state index is 0.700. The summed E-state index contributed by atoms with van der Waals surface area (Å²) in [5.74, 6) is 2.39. The van der Waals surface area contributed by atoms with Gasteiger partial charge in [0.25, 0.3) is 0 Å². The van der Waals surface area contributed by atoms with E-state index in [4.69, 9.17) is 0 Å². The maximum absolute atomic E-state index is 4.50. The summed E-state index contributed by atoms with van der Waals surface area (Å²) >= 11 is 0. The Labute approximate surface area is 118 Å². The second kappa shape index (κ2) is 7.04. The van der Waals surface area contributed by atoms with Crippen molar-refractivity contribution in [3.8, 4) is 0 Å². The highest BCUT2D eigenvalue weighted by Gasteiger charge is 2.30. The van der Waals surface area contributed by atoms with Gasteiger partial charge in [-0.05, 0) is 62.2 Å². The summed E-state index contributed by atoms with van der Waals surface area (Å²) in [4.78, 5) is 4.50. The van der Waals surface area contributed by atoms with Crippen LogP contribution < -0.4 is 5.32 Å². The molecule has 0 aliphatic heterocycles. The average Bonchev–Trinajstić information content (AvgIpc) is 2.46. The van der Waals surface area contributed by atoms with Gasteiger partial charge in [0.05, 0.1) is 0 Å². The van der Waals surface area contributed by atoms with Crippen LogP contribution in [0.3, 0.4) is 0 Å². The first-order chi connectivity index (χ1) is 9.24. The Morgan fingerprint density at radius 1 is 1.26 bits per heavy atom. The van der Waals surface area contributed by atoms with Crippen molar-refractivity contribution >= 4 is 0 Å². The van der Waals surface area contributed by atoms with Crippen LogP contribution in [0, 0.1) is 18.8 Å². The van der Waals surface area contributed by atoms with E-state index in [-0.39, 0.29) is 0 Å². The molecule has 0 aromatic carbocycles. The average molecular weight is 260 g/mol. The third kappa shape index (κ3) is 3.79. The first-order valence-corrected chi connectivity index (χ1v) is 7.87. The van der Waals surface area contributed by atoms with E-state index in [1.807, 2.05) is 0 Å². The molecule has 1 aliphatic carbocycles. The normalized spacial score (nSPS) is 27.4. The number of nitrogens with zero attached hydrogens (tertiary/aromatic N) is 1. The van der Waals surface area contributed by atoms with Crippen LogP contribution in [0.15, 0.2) is 18.3 Å². The van der Waals surface area contributed by atoms with Crippen LogP contribution in [0.2, 0.25) is 0 Å². The summed E-state index contributed by atoms with van der Waals surface area (Å²) in [6.45, 7) is 8.83. The number of rotatable bonds is 5. The molecule has 0 amide bonds. The molecule has 0 spiro atoms. The zero-order chi connectivity index (χ0) is 13.7. The summed E-state index contributed by atoms with van der Waals surface area (Å²) in [5, 5.41) is 3.54. The predicted molar refractivity (Wildman–Crippen MR) is 81.4 cm³/mol. The lowest BCUT2D eigenvalue weighted by Crippen LogP contribution is -2.32. The lowest BCUT2D eigenvalue weighted by molar-refractivity contribution is 0.226. The van der Waals surface area contributed by atoms with Crippen molar-refractivity contribution in [2.24, 2.45) is 11.8 Å². The fourth-order valence-corrected chi connectivity index (χ4v) is 3.37. The van der Waals surface area contributed by atoms with Gasteiger partial charge in [0, 0.05) is 11.9 Å².